The van der Waals surface area contributed by atoms with E-state index in [1.807, 2.05) is 60.7 Å². The predicted molar refractivity (Wildman–Crippen MR) is 128 cm³/mol. The number of hydrogen-bond acceptors (Lipinski definition) is 3. The van der Waals surface area contributed by atoms with Gasteiger partial charge in [-0.05, 0) is 47.3 Å². The predicted octanol–water partition coefficient (Wildman–Crippen LogP) is 5.50. The van der Waals surface area contributed by atoms with Gasteiger partial charge in [0.2, 0.25) is 0 Å². The van der Waals surface area contributed by atoms with Crippen molar-refractivity contribution in [1.29, 1.82) is 0 Å². The van der Waals surface area contributed by atoms with Gasteiger partial charge in [0, 0.05) is 27.7 Å². The van der Waals surface area contributed by atoms with E-state index in [-0.39, 0.29) is 12.1 Å². The minimum absolute atomic E-state index is 0.0624. The molecule has 5 rings (SSSR count). The molecule has 2 aromatic heterocycles. The molecular weight excluding hydrogens is 422 g/mol. The van der Waals surface area contributed by atoms with Gasteiger partial charge in [0.1, 0.15) is 11.2 Å². The third kappa shape index (κ3) is 3.74. The number of fused-ring (bicyclic) bond motifs is 2. The number of nitrogens with zero attached hydrogens (tertiary/aromatic N) is 2. The van der Waals surface area contributed by atoms with Crippen molar-refractivity contribution >= 4 is 45.0 Å². The summed E-state index contributed by atoms with van der Waals surface area (Å²) in [6.07, 6.45) is 1.63. The van der Waals surface area contributed by atoms with E-state index in [1.54, 1.807) is 30.5 Å². The van der Waals surface area contributed by atoms with Crippen LogP contribution in [0, 0.1) is 0 Å². The van der Waals surface area contributed by atoms with Crippen molar-refractivity contribution in [3.05, 3.63) is 118 Å². The quantitative estimate of drug-likeness (QED) is 0.402. The third-order valence-corrected chi connectivity index (χ3v) is 5.64. The smallest absolute Gasteiger partial charge is 0.265 e. The first kappa shape index (κ1) is 20.0. The highest BCUT2D eigenvalue weighted by Crippen LogP contribution is 2.23. The largest absolute Gasteiger partial charge is 0.321 e. The molecule has 0 spiro atoms. The van der Waals surface area contributed by atoms with Crippen molar-refractivity contribution < 1.29 is 4.79 Å². The van der Waals surface area contributed by atoms with Crippen LogP contribution in [0.3, 0.4) is 0 Å². The molecule has 0 fully saturated rings. The van der Waals surface area contributed by atoms with Gasteiger partial charge in [-0.25, -0.2) is 4.98 Å². The van der Waals surface area contributed by atoms with E-state index in [2.05, 4.69) is 10.3 Å². The maximum atomic E-state index is 13.4. The van der Waals surface area contributed by atoms with Gasteiger partial charge >= 0.3 is 0 Å². The van der Waals surface area contributed by atoms with Gasteiger partial charge in [-0.2, -0.15) is 0 Å². The Hall–Kier alpha value is -3.96. The molecule has 0 saturated heterocycles. The average molecular weight is 440 g/mol. The Labute approximate surface area is 188 Å². The molecule has 5 aromatic rings. The molecule has 0 radical (unpaired) electrons. The summed E-state index contributed by atoms with van der Waals surface area (Å²) in [4.78, 5) is 31.0. The van der Waals surface area contributed by atoms with Crippen LogP contribution >= 0.6 is 11.6 Å². The highest BCUT2D eigenvalue weighted by atomic mass is 35.5. The second kappa shape index (κ2) is 8.29. The maximum Gasteiger partial charge on any atom is 0.265 e. The zero-order chi connectivity index (χ0) is 22.1. The maximum absolute atomic E-state index is 13.4. The van der Waals surface area contributed by atoms with Gasteiger partial charge in [-0.1, -0.05) is 60.1 Å². The van der Waals surface area contributed by atoms with E-state index < -0.39 is 11.5 Å². The van der Waals surface area contributed by atoms with Crippen LogP contribution in [-0.4, -0.2) is 15.5 Å². The van der Waals surface area contributed by atoms with Crippen LogP contribution < -0.4 is 10.9 Å². The Morgan fingerprint density at radius 1 is 0.906 bits per heavy atom. The van der Waals surface area contributed by atoms with Crippen LogP contribution in [0.5, 0.6) is 0 Å². The first-order valence-electron chi connectivity index (χ1n) is 10.1. The van der Waals surface area contributed by atoms with Crippen LogP contribution in [0.15, 0.2) is 95.9 Å². The molecule has 6 heteroatoms. The lowest BCUT2D eigenvalue weighted by molar-refractivity contribution is 0.102. The van der Waals surface area contributed by atoms with Crippen LogP contribution in [0.25, 0.3) is 21.8 Å². The Kier molecular flexibility index (Phi) is 5.17. The summed E-state index contributed by atoms with van der Waals surface area (Å²) < 4.78 is 1.52. The van der Waals surface area contributed by atoms with Gasteiger partial charge in [0.25, 0.3) is 11.5 Å². The number of halogens is 1. The van der Waals surface area contributed by atoms with E-state index in [0.717, 1.165) is 16.3 Å². The van der Waals surface area contributed by atoms with E-state index in [4.69, 9.17) is 11.6 Å². The summed E-state index contributed by atoms with van der Waals surface area (Å²) in [7, 11) is 0. The normalized spacial score (nSPS) is 11.0. The number of nitrogens with one attached hydrogen (secondary N) is 1. The van der Waals surface area contributed by atoms with E-state index in [1.165, 1.54) is 4.57 Å². The number of carbonyl (C=O) groups excluding carboxylic acids is 1. The minimum Gasteiger partial charge on any atom is -0.321 e. The van der Waals surface area contributed by atoms with Crippen molar-refractivity contribution in [3.8, 4) is 0 Å². The van der Waals surface area contributed by atoms with Crippen LogP contribution in [0.4, 0.5) is 5.69 Å². The molecule has 0 unspecified atom stereocenters. The van der Waals surface area contributed by atoms with Crippen molar-refractivity contribution in [2.75, 3.05) is 5.32 Å². The van der Waals surface area contributed by atoms with E-state index >= 15 is 0 Å². The molecule has 0 atom stereocenters. The Bertz CT molecular complexity index is 1520. The van der Waals surface area contributed by atoms with E-state index in [0.29, 0.717) is 21.7 Å². The topological polar surface area (TPSA) is 64.0 Å². The monoisotopic (exact) mass is 439 g/mol. The molecule has 1 N–H and O–H groups in total. The van der Waals surface area contributed by atoms with Gasteiger partial charge < -0.3 is 5.32 Å². The molecule has 0 bridgehead atoms. The van der Waals surface area contributed by atoms with Crippen molar-refractivity contribution in [3.63, 3.8) is 0 Å². The fourth-order valence-corrected chi connectivity index (χ4v) is 3.94. The van der Waals surface area contributed by atoms with Gasteiger partial charge in [-0.15, -0.1) is 0 Å². The molecule has 3 aromatic carbocycles. The lowest BCUT2D eigenvalue weighted by Gasteiger charge is -2.13. The molecule has 32 heavy (non-hydrogen) atoms. The summed E-state index contributed by atoms with van der Waals surface area (Å²) >= 11 is 5.99. The standard InChI is InChI=1S/C26H18ClN3O2/c27-20-12-10-17(11-13-20)16-30-24-19(7-4-14-28-24)15-22(26(30)32)25(31)29-23-9-3-6-18-5-1-2-8-21(18)23/h1-15H,16H2,(H,29,31). The number of pyridine rings is 2. The molecule has 2 heterocycles. The summed E-state index contributed by atoms with van der Waals surface area (Å²) in [5.74, 6) is -0.457. The van der Waals surface area contributed by atoms with Crippen molar-refractivity contribution in [2.24, 2.45) is 0 Å². The fraction of sp³-hybridized carbons (Fsp3) is 0.0385. The number of carbonyl (C=O) groups is 1. The molecule has 0 aliphatic heterocycles. The van der Waals surface area contributed by atoms with Gasteiger partial charge in [0.05, 0.1) is 6.54 Å². The molecule has 156 valence electrons. The molecule has 1 amide bonds. The van der Waals surface area contributed by atoms with Crippen LogP contribution in [-0.2, 0) is 6.54 Å². The summed E-state index contributed by atoms with van der Waals surface area (Å²) in [5, 5.41) is 6.16. The fourth-order valence-electron chi connectivity index (χ4n) is 3.81. The summed E-state index contributed by atoms with van der Waals surface area (Å²) in [5.41, 5.74) is 1.73. The number of hydrogen-bond donors (Lipinski definition) is 1. The first-order chi connectivity index (χ1) is 15.6. The molecule has 0 aliphatic rings. The number of aromatic nitrogens is 2. The Morgan fingerprint density at radius 3 is 2.50 bits per heavy atom. The zero-order valence-corrected chi connectivity index (χ0v) is 17.7. The molecule has 0 saturated carbocycles. The number of amides is 1. The van der Waals surface area contributed by atoms with Crippen LogP contribution in [0.1, 0.15) is 15.9 Å². The highest BCUT2D eigenvalue weighted by Gasteiger charge is 2.17. The third-order valence-electron chi connectivity index (χ3n) is 5.38. The van der Waals surface area contributed by atoms with Crippen molar-refractivity contribution in [2.45, 2.75) is 6.54 Å². The molecular formula is C26H18ClN3O2. The lowest BCUT2D eigenvalue weighted by atomic mass is 10.1. The second-order valence-corrected chi connectivity index (χ2v) is 7.91. The number of rotatable bonds is 4. The minimum atomic E-state index is -0.457. The number of benzene rings is 3. The molecule has 0 aliphatic carbocycles. The van der Waals surface area contributed by atoms with E-state index in [9.17, 15) is 9.59 Å². The second-order valence-electron chi connectivity index (χ2n) is 7.47. The summed E-state index contributed by atoms with van der Waals surface area (Å²) in [6, 6.07) is 25.9. The zero-order valence-electron chi connectivity index (χ0n) is 17.0. The molecule has 5 nitrogen and oxygen atoms in total. The first-order valence-corrected chi connectivity index (χ1v) is 10.5. The van der Waals surface area contributed by atoms with Crippen molar-refractivity contribution in [1.82, 2.24) is 9.55 Å². The summed E-state index contributed by atoms with van der Waals surface area (Å²) in [6.45, 7) is 0.277. The van der Waals surface area contributed by atoms with Crippen LogP contribution in [0.2, 0.25) is 5.02 Å². The highest BCUT2D eigenvalue weighted by molar-refractivity contribution is 6.30. The lowest BCUT2D eigenvalue weighted by Crippen LogP contribution is -2.30. The van der Waals surface area contributed by atoms with Gasteiger partial charge in [0.15, 0.2) is 0 Å². The van der Waals surface area contributed by atoms with Gasteiger partial charge in [-0.3, -0.25) is 14.2 Å². The number of anilines is 1. The Morgan fingerprint density at radius 2 is 1.66 bits per heavy atom. The SMILES string of the molecule is O=C(Nc1cccc2ccccc12)c1cc2cccnc2n(Cc2ccc(Cl)cc2)c1=O. The average Bonchev–Trinajstić information content (AvgIpc) is 2.82. The Balaban J connectivity index is 1.59.